The first-order valence-corrected chi connectivity index (χ1v) is 8.85. The normalized spacial score (nSPS) is 10.7. The number of nitrogens with one attached hydrogen (secondary N) is 2. The predicted molar refractivity (Wildman–Crippen MR) is 104 cm³/mol. The molecule has 0 fully saturated rings. The highest BCUT2D eigenvalue weighted by atomic mass is 35.5. The van der Waals surface area contributed by atoms with Gasteiger partial charge in [0.1, 0.15) is 6.54 Å². The van der Waals surface area contributed by atoms with E-state index in [9.17, 15) is 18.4 Å². The summed E-state index contributed by atoms with van der Waals surface area (Å²) in [5.74, 6) is -3.18. The van der Waals surface area contributed by atoms with Crippen molar-refractivity contribution in [2.75, 3.05) is 10.6 Å². The molecule has 2 aromatic carbocycles. The maximum Gasteiger partial charge on any atom is 0.278 e. The number of aryl methyl sites for hydroxylation is 1. The standard InChI is InChI=1S/C19H16ClF2N5O2/c1-10-3-6-16(13(20)7-10)24-17(28)9-27-11(2)18(25-26-27)19(29)23-12-4-5-14(21)15(22)8-12/h3-8H,9H2,1-2H3,(H,23,29)(H,24,28). The largest absolute Gasteiger partial charge is 0.323 e. The highest BCUT2D eigenvalue weighted by Crippen LogP contribution is 2.22. The molecule has 0 saturated carbocycles. The number of hydrogen-bond acceptors (Lipinski definition) is 4. The van der Waals surface area contributed by atoms with Gasteiger partial charge in [0.15, 0.2) is 17.3 Å². The third-order valence-corrected chi connectivity index (χ3v) is 4.38. The van der Waals surface area contributed by atoms with Crippen LogP contribution in [0, 0.1) is 25.5 Å². The highest BCUT2D eigenvalue weighted by molar-refractivity contribution is 6.33. The Balaban J connectivity index is 1.68. The summed E-state index contributed by atoms with van der Waals surface area (Å²) in [4.78, 5) is 24.6. The van der Waals surface area contributed by atoms with Crippen molar-refractivity contribution in [3.05, 3.63) is 70.0 Å². The molecule has 3 rings (SSSR count). The van der Waals surface area contributed by atoms with Crippen LogP contribution in [-0.4, -0.2) is 26.8 Å². The highest BCUT2D eigenvalue weighted by Gasteiger charge is 2.19. The van der Waals surface area contributed by atoms with Gasteiger partial charge in [0.25, 0.3) is 5.91 Å². The maximum absolute atomic E-state index is 13.3. The molecule has 7 nitrogen and oxygen atoms in total. The van der Waals surface area contributed by atoms with E-state index < -0.39 is 23.4 Å². The fourth-order valence-corrected chi connectivity index (χ4v) is 2.81. The maximum atomic E-state index is 13.3. The molecule has 0 spiro atoms. The Morgan fingerprint density at radius 2 is 1.83 bits per heavy atom. The molecule has 29 heavy (non-hydrogen) atoms. The Labute approximate surface area is 169 Å². The van der Waals surface area contributed by atoms with Crippen molar-refractivity contribution in [3.63, 3.8) is 0 Å². The first kappa shape index (κ1) is 20.4. The minimum absolute atomic E-state index is 0.0455. The molecular weight excluding hydrogens is 404 g/mol. The zero-order valence-corrected chi connectivity index (χ0v) is 16.2. The van der Waals surface area contributed by atoms with Crippen LogP contribution < -0.4 is 10.6 Å². The van der Waals surface area contributed by atoms with E-state index in [0.29, 0.717) is 16.4 Å². The molecule has 0 atom stereocenters. The van der Waals surface area contributed by atoms with Crippen LogP contribution in [0.25, 0.3) is 0 Å². The van der Waals surface area contributed by atoms with Crippen molar-refractivity contribution in [2.24, 2.45) is 0 Å². The van der Waals surface area contributed by atoms with Crippen molar-refractivity contribution >= 4 is 34.8 Å². The molecule has 2 amide bonds. The van der Waals surface area contributed by atoms with Gasteiger partial charge in [0, 0.05) is 11.8 Å². The van der Waals surface area contributed by atoms with Crippen LogP contribution in [0.2, 0.25) is 5.02 Å². The van der Waals surface area contributed by atoms with Crippen LogP contribution in [0.15, 0.2) is 36.4 Å². The van der Waals surface area contributed by atoms with E-state index in [1.165, 1.54) is 10.7 Å². The smallest absolute Gasteiger partial charge is 0.278 e. The Morgan fingerprint density at radius 3 is 2.52 bits per heavy atom. The monoisotopic (exact) mass is 419 g/mol. The molecule has 0 unspecified atom stereocenters. The van der Waals surface area contributed by atoms with Crippen molar-refractivity contribution in [2.45, 2.75) is 20.4 Å². The molecule has 0 bridgehead atoms. The minimum atomic E-state index is -1.09. The van der Waals surface area contributed by atoms with Crippen molar-refractivity contribution in [3.8, 4) is 0 Å². The molecule has 0 aliphatic rings. The van der Waals surface area contributed by atoms with Crippen LogP contribution >= 0.6 is 11.6 Å². The summed E-state index contributed by atoms with van der Waals surface area (Å²) in [6.07, 6.45) is 0. The van der Waals surface area contributed by atoms with E-state index in [0.717, 1.165) is 17.7 Å². The SMILES string of the molecule is Cc1ccc(NC(=O)Cn2nnc(C(=O)Nc3ccc(F)c(F)c3)c2C)c(Cl)c1. The van der Waals surface area contributed by atoms with E-state index in [4.69, 9.17) is 11.6 Å². The first-order chi connectivity index (χ1) is 13.7. The fraction of sp³-hybridized carbons (Fsp3) is 0.158. The number of nitrogens with zero attached hydrogens (tertiary/aromatic N) is 3. The Kier molecular flexibility index (Phi) is 5.88. The van der Waals surface area contributed by atoms with Gasteiger partial charge in [0.05, 0.1) is 16.4 Å². The summed E-state index contributed by atoms with van der Waals surface area (Å²) < 4.78 is 27.5. The van der Waals surface area contributed by atoms with Gasteiger partial charge in [0.2, 0.25) is 5.91 Å². The molecule has 0 radical (unpaired) electrons. The number of carbonyl (C=O) groups is 2. The summed E-state index contributed by atoms with van der Waals surface area (Å²) in [6.45, 7) is 3.25. The lowest BCUT2D eigenvalue weighted by atomic mass is 10.2. The van der Waals surface area contributed by atoms with E-state index in [2.05, 4.69) is 20.9 Å². The van der Waals surface area contributed by atoms with Crippen LogP contribution in [0.5, 0.6) is 0 Å². The van der Waals surface area contributed by atoms with Gasteiger partial charge in [-0.15, -0.1) is 5.10 Å². The van der Waals surface area contributed by atoms with E-state index >= 15 is 0 Å². The van der Waals surface area contributed by atoms with E-state index in [1.54, 1.807) is 19.1 Å². The lowest BCUT2D eigenvalue weighted by molar-refractivity contribution is -0.117. The second-order valence-electron chi connectivity index (χ2n) is 6.30. The Hall–Kier alpha value is -3.33. The Morgan fingerprint density at radius 1 is 1.07 bits per heavy atom. The number of halogens is 3. The fourth-order valence-electron chi connectivity index (χ4n) is 2.53. The average Bonchev–Trinajstić information content (AvgIpc) is 3.01. The molecular formula is C19H16ClF2N5O2. The third kappa shape index (κ3) is 4.75. The molecule has 10 heteroatoms. The molecule has 0 saturated heterocycles. The van der Waals surface area contributed by atoms with E-state index in [1.807, 2.05) is 13.0 Å². The topological polar surface area (TPSA) is 88.9 Å². The zero-order chi connectivity index (χ0) is 21.1. The van der Waals surface area contributed by atoms with E-state index in [-0.39, 0.29) is 17.9 Å². The molecule has 3 aromatic rings. The second kappa shape index (κ2) is 8.36. The van der Waals surface area contributed by atoms with Crippen LogP contribution in [-0.2, 0) is 11.3 Å². The summed E-state index contributed by atoms with van der Waals surface area (Å²) in [6, 6.07) is 8.18. The zero-order valence-electron chi connectivity index (χ0n) is 15.5. The van der Waals surface area contributed by atoms with Crippen molar-refractivity contribution < 1.29 is 18.4 Å². The van der Waals surface area contributed by atoms with Gasteiger partial charge in [-0.3, -0.25) is 9.59 Å². The lowest BCUT2D eigenvalue weighted by Crippen LogP contribution is -2.21. The number of rotatable bonds is 5. The predicted octanol–water partition coefficient (Wildman–Crippen LogP) is 3.72. The van der Waals surface area contributed by atoms with Crippen molar-refractivity contribution in [1.82, 2.24) is 15.0 Å². The number of anilines is 2. The second-order valence-corrected chi connectivity index (χ2v) is 6.70. The summed E-state index contributed by atoms with van der Waals surface area (Å²) in [7, 11) is 0. The summed E-state index contributed by atoms with van der Waals surface area (Å²) >= 11 is 6.10. The molecule has 1 aromatic heterocycles. The summed E-state index contributed by atoms with van der Waals surface area (Å²) in [5.41, 5.74) is 1.76. The van der Waals surface area contributed by atoms with Gasteiger partial charge >= 0.3 is 0 Å². The molecule has 0 aliphatic heterocycles. The van der Waals surface area contributed by atoms with Gasteiger partial charge in [-0.1, -0.05) is 22.9 Å². The average molecular weight is 420 g/mol. The lowest BCUT2D eigenvalue weighted by Gasteiger charge is -2.09. The summed E-state index contributed by atoms with van der Waals surface area (Å²) in [5, 5.41) is 13.0. The van der Waals surface area contributed by atoms with Gasteiger partial charge < -0.3 is 10.6 Å². The molecule has 0 aliphatic carbocycles. The number of carbonyl (C=O) groups excluding carboxylic acids is 2. The Bertz CT molecular complexity index is 1100. The van der Waals surface area contributed by atoms with Crippen molar-refractivity contribution in [1.29, 1.82) is 0 Å². The quantitative estimate of drug-likeness (QED) is 0.659. The molecule has 1 heterocycles. The minimum Gasteiger partial charge on any atom is -0.323 e. The number of benzene rings is 2. The first-order valence-electron chi connectivity index (χ1n) is 8.47. The number of aromatic nitrogens is 3. The van der Waals surface area contributed by atoms with Crippen LogP contribution in [0.3, 0.4) is 0 Å². The van der Waals surface area contributed by atoms with Crippen LogP contribution in [0.1, 0.15) is 21.7 Å². The molecule has 2 N–H and O–H groups in total. The third-order valence-electron chi connectivity index (χ3n) is 4.07. The van der Waals surface area contributed by atoms with Gasteiger partial charge in [-0.05, 0) is 43.7 Å². The van der Waals surface area contributed by atoms with Gasteiger partial charge in [-0.25, -0.2) is 13.5 Å². The van der Waals surface area contributed by atoms with Crippen LogP contribution in [0.4, 0.5) is 20.2 Å². The number of amides is 2. The molecule has 150 valence electrons. The number of hydrogen-bond donors (Lipinski definition) is 2. The van der Waals surface area contributed by atoms with Gasteiger partial charge in [-0.2, -0.15) is 0 Å².